The number of hydrogen-bond acceptors (Lipinski definition) is 9. The monoisotopic (exact) mass is 589 g/mol. The van der Waals surface area contributed by atoms with E-state index in [1.165, 1.54) is 25.2 Å². The lowest BCUT2D eigenvalue weighted by Crippen LogP contribution is -2.46. The minimum Gasteiger partial charge on any atom is -0.458 e. The van der Waals surface area contributed by atoms with Crippen LogP contribution in [-0.4, -0.2) is 68.2 Å². The summed E-state index contributed by atoms with van der Waals surface area (Å²) in [4.78, 5) is 30.5. The molecule has 1 saturated carbocycles. The summed E-state index contributed by atoms with van der Waals surface area (Å²) in [5, 5.41) is 33.3. The Morgan fingerprint density at radius 2 is 1.90 bits per heavy atom. The van der Waals surface area contributed by atoms with Gasteiger partial charge in [0.1, 0.15) is 23.0 Å². The van der Waals surface area contributed by atoms with Gasteiger partial charge in [0.25, 0.3) is 0 Å². The van der Waals surface area contributed by atoms with Crippen LogP contribution in [0.3, 0.4) is 0 Å². The number of nitrogens with zero attached hydrogens (tertiary/aromatic N) is 1. The van der Waals surface area contributed by atoms with Crippen molar-refractivity contribution in [3.63, 3.8) is 0 Å². The molecule has 2 saturated heterocycles. The topological polar surface area (TPSA) is 129 Å². The second kappa shape index (κ2) is 11.1. The highest BCUT2D eigenvalue weighted by Gasteiger charge is 2.74. The average molecular weight is 590 g/mol. The van der Waals surface area contributed by atoms with Gasteiger partial charge in [-0.2, -0.15) is 13.2 Å². The fourth-order valence-corrected chi connectivity index (χ4v) is 6.70. The van der Waals surface area contributed by atoms with Crippen molar-refractivity contribution in [1.82, 2.24) is 4.98 Å². The zero-order chi connectivity index (χ0) is 29.8. The summed E-state index contributed by atoms with van der Waals surface area (Å²) >= 11 is 1.21. The van der Waals surface area contributed by atoms with Gasteiger partial charge in [-0.05, 0) is 49.2 Å². The number of esters is 1. The molecule has 1 aromatic heterocycles. The van der Waals surface area contributed by atoms with E-state index in [-0.39, 0.29) is 31.3 Å². The van der Waals surface area contributed by atoms with E-state index in [2.05, 4.69) is 4.98 Å². The number of ketones is 1. The van der Waals surface area contributed by atoms with Crippen LogP contribution in [0.2, 0.25) is 0 Å². The number of cyclic esters (lactones) is 1. The standard InChI is InChI=1S/C28H38F3NO7S/c1-13(6-17-12-40-22(11-33)32-17)19-8-21-27(39-21,28(29,30)31)10-16-7-18(16)14(2)24(36)15(3)25(37)26(4,5)20(34)9-23(35)38-19/h6,12,14-16,18-21,24,33-34,36H,7-11H2,1-5H3/t14-,15+,16-,18-,19-,20-,21-,24-,27+/m0/s1. The predicted molar refractivity (Wildman–Crippen MR) is 140 cm³/mol. The summed E-state index contributed by atoms with van der Waals surface area (Å²) in [7, 11) is 0. The highest BCUT2D eigenvalue weighted by atomic mass is 32.1. The van der Waals surface area contributed by atoms with Crippen molar-refractivity contribution >= 4 is 29.2 Å². The third kappa shape index (κ3) is 6.01. The quantitative estimate of drug-likeness (QED) is 0.356. The second-order valence-electron chi connectivity index (χ2n) is 12.2. The lowest BCUT2D eigenvalue weighted by atomic mass is 9.72. The number of fused-ring (bicyclic) bond motifs is 2. The number of carbonyl (C=O) groups is 2. The molecule has 0 spiro atoms. The Hall–Kier alpha value is -1.86. The molecule has 40 heavy (non-hydrogen) atoms. The maximum atomic E-state index is 14.4. The predicted octanol–water partition coefficient (Wildman–Crippen LogP) is 4.06. The first-order chi connectivity index (χ1) is 18.5. The molecule has 3 heterocycles. The van der Waals surface area contributed by atoms with Crippen molar-refractivity contribution < 1.29 is 47.6 Å². The molecule has 9 atom stereocenters. The number of aromatic nitrogens is 1. The van der Waals surface area contributed by atoms with Gasteiger partial charge < -0.3 is 24.8 Å². The largest absolute Gasteiger partial charge is 0.458 e. The van der Waals surface area contributed by atoms with Gasteiger partial charge >= 0.3 is 12.1 Å². The van der Waals surface area contributed by atoms with Crippen LogP contribution in [0, 0.1) is 29.1 Å². The van der Waals surface area contributed by atoms with Gasteiger partial charge in [-0.15, -0.1) is 11.3 Å². The smallest absolute Gasteiger partial charge is 0.420 e. The molecular formula is C28H38F3NO7S. The van der Waals surface area contributed by atoms with Crippen molar-refractivity contribution in [2.45, 2.75) is 103 Å². The Bertz CT molecular complexity index is 1150. The Morgan fingerprint density at radius 1 is 1.23 bits per heavy atom. The van der Waals surface area contributed by atoms with Gasteiger partial charge in [0, 0.05) is 17.7 Å². The van der Waals surface area contributed by atoms with Crippen molar-refractivity contribution in [3.05, 3.63) is 21.7 Å². The number of carbonyl (C=O) groups excluding carboxylic acids is 2. The van der Waals surface area contributed by atoms with Gasteiger partial charge in [0.05, 0.1) is 36.3 Å². The molecule has 0 unspecified atom stereocenters. The van der Waals surface area contributed by atoms with Crippen LogP contribution in [0.15, 0.2) is 11.0 Å². The third-order valence-electron chi connectivity index (χ3n) is 9.10. The molecule has 8 nitrogen and oxygen atoms in total. The van der Waals surface area contributed by atoms with E-state index in [9.17, 15) is 38.1 Å². The van der Waals surface area contributed by atoms with Crippen molar-refractivity contribution in [3.8, 4) is 0 Å². The number of ether oxygens (including phenoxy) is 2. The minimum atomic E-state index is -4.65. The van der Waals surface area contributed by atoms with Crippen LogP contribution < -0.4 is 0 Å². The lowest BCUT2D eigenvalue weighted by molar-refractivity contribution is -0.187. The van der Waals surface area contributed by atoms with Crippen LogP contribution in [0.1, 0.15) is 71.0 Å². The Balaban J connectivity index is 1.66. The Morgan fingerprint density at radius 3 is 2.50 bits per heavy atom. The zero-order valence-corrected chi connectivity index (χ0v) is 24.1. The van der Waals surface area contributed by atoms with Gasteiger partial charge in [0.2, 0.25) is 0 Å². The molecule has 0 radical (unpaired) electrons. The molecular weight excluding hydrogens is 551 g/mol. The minimum absolute atomic E-state index is 0.198. The van der Waals surface area contributed by atoms with Crippen LogP contribution in [0.5, 0.6) is 0 Å². The number of aliphatic hydroxyl groups is 3. The highest BCUT2D eigenvalue weighted by molar-refractivity contribution is 7.09. The lowest BCUT2D eigenvalue weighted by Gasteiger charge is -2.34. The van der Waals surface area contributed by atoms with Crippen LogP contribution >= 0.6 is 11.3 Å². The van der Waals surface area contributed by atoms with Crippen molar-refractivity contribution in [2.24, 2.45) is 29.1 Å². The molecule has 0 bridgehead atoms. The van der Waals surface area contributed by atoms with Gasteiger partial charge in [-0.3, -0.25) is 9.59 Å². The fraction of sp³-hybridized carbons (Fsp3) is 0.750. The molecule has 2 aliphatic heterocycles. The number of thiazole rings is 1. The molecule has 3 aliphatic rings. The summed E-state index contributed by atoms with van der Waals surface area (Å²) in [5.74, 6) is -3.19. The molecule has 3 N–H and O–H groups in total. The first-order valence-corrected chi connectivity index (χ1v) is 14.5. The molecule has 4 rings (SSSR count). The van der Waals surface area contributed by atoms with Gasteiger partial charge in [0.15, 0.2) is 5.60 Å². The summed E-state index contributed by atoms with van der Waals surface area (Å²) in [6, 6.07) is 0. The number of hydrogen-bond donors (Lipinski definition) is 3. The molecule has 0 aromatic carbocycles. The van der Waals surface area contributed by atoms with Crippen LogP contribution in [-0.2, 0) is 25.7 Å². The molecule has 1 aliphatic carbocycles. The molecule has 0 amide bonds. The number of rotatable bonds is 3. The van der Waals surface area contributed by atoms with E-state index < -0.39 is 71.6 Å². The molecule has 1 aromatic rings. The molecule has 224 valence electrons. The maximum Gasteiger partial charge on any atom is 0.420 e. The Kier molecular flexibility index (Phi) is 8.62. The fourth-order valence-electron chi connectivity index (χ4n) is 6.09. The number of alkyl halides is 3. The number of aliphatic hydroxyl groups excluding tert-OH is 3. The van der Waals surface area contributed by atoms with E-state index in [1.807, 2.05) is 0 Å². The summed E-state index contributed by atoms with van der Waals surface area (Å²) < 4.78 is 54.1. The van der Waals surface area contributed by atoms with E-state index in [4.69, 9.17) is 9.47 Å². The molecule has 12 heteroatoms. The van der Waals surface area contributed by atoms with Gasteiger partial charge in [-0.25, -0.2) is 4.98 Å². The van der Waals surface area contributed by atoms with Crippen molar-refractivity contribution in [1.29, 1.82) is 0 Å². The first-order valence-electron chi connectivity index (χ1n) is 13.6. The summed E-state index contributed by atoms with van der Waals surface area (Å²) in [5.41, 5.74) is -2.88. The van der Waals surface area contributed by atoms with Crippen LogP contribution in [0.25, 0.3) is 6.08 Å². The third-order valence-corrected chi connectivity index (χ3v) is 9.95. The Labute approximate surface area is 235 Å². The van der Waals surface area contributed by atoms with Crippen LogP contribution in [0.4, 0.5) is 13.2 Å². The van der Waals surface area contributed by atoms with E-state index >= 15 is 0 Å². The SMILES string of the molecule is CC(=Cc1csc(CO)n1)[C@@H]1C[C@@H]2O[C@]2(C(F)(F)F)C[C@@H]2C[C@H]2[C@H](C)[C@H](O)[C@@H](C)C(=O)C(C)(C)[C@@H](O)CC(=O)O1. The second-order valence-corrected chi connectivity index (χ2v) is 13.2. The maximum absolute atomic E-state index is 14.4. The highest BCUT2D eigenvalue weighted by Crippen LogP contribution is 2.61. The summed E-state index contributed by atoms with van der Waals surface area (Å²) in [6.07, 6.45) is -8.58. The average Bonchev–Trinajstić information content (AvgIpc) is 3.75. The van der Waals surface area contributed by atoms with Gasteiger partial charge in [-0.1, -0.05) is 27.7 Å². The summed E-state index contributed by atoms with van der Waals surface area (Å²) in [6.45, 7) is 7.63. The van der Waals surface area contributed by atoms with E-state index in [0.717, 1.165) is 0 Å². The first kappa shape index (κ1) is 31.1. The van der Waals surface area contributed by atoms with E-state index in [1.54, 1.807) is 32.2 Å². The number of halogens is 3. The molecule has 3 fully saturated rings. The number of epoxide rings is 1. The van der Waals surface area contributed by atoms with Crippen molar-refractivity contribution in [2.75, 3.05) is 0 Å². The zero-order valence-electron chi connectivity index (χ0n) is 23.3. The number of Topliss-reactive ketones (excluding diaryl/α,β-unsaturated/α-hetero) is 1. The normalized spacial score (nSPS) is 39.2. The van der Waals surface area contributed by atoms with E-state index in [0.29, 0.717) is 22.7 Å².